The third-order valence-corrected chi connectivity index (χ3v) is 13.3. The second-order valence-electron chi connectivity index (χ2n) is 15.8. The van der Waals surface area contributed by atoms with Gasteiger partial charge in [0.05, 0.1) is 43.0 Å². The maximum Gasteiger partial charge on any atom is 0.339 e. The molecule has 0 bridgehead atoms. The van der Waals surface area contributed by atoms with Gasteiger partial charge in [-0.2, -0.15) is 0 Å². The molecule has 6 aliphatic rings. The molecule has 11 heteroatoms. The van der Waals surface area contributed by atoms with E-state index < -0.39 is 69.9 Å². The van der Waals surface area contributed by atoms with Crippen LogP contribution in [-0.2, 0) is 39.8 Å². The van der Waals surface area contributed by atoms with Crippen molar-refractivity contribution in [3.63, 3.8) is 0 Å². The Morgan fingerprint density at radius 2 is 1.83 bits per heavy atom. The third kappa shape index (κ3) is 3.92. The van der Waals surface area contributed by atoms with Gasteiger partial charge in [0.15, 0.2) is 11.9 Å². The van der Waals surface area contributed by atoms with Gasteiger partial charge in [-0.15, -0.1) is 0 Å². The Kier molecular flexibility index (Phi) is 7.43. The molecule has 2 aliphatic carbocycles. The number of fused-ring (bicyclic) bond motifs is 1. The van der Waals surface area contributed by atoms with Crippen LogP contribution < -0.4 is 0 Å². The third-order valence-electron chi connectivity index (χ3n) is 13.3. The van der Waals surface area contributed by atoms with E-state index in [2.05, 4.69) is 6.92 Å². The number of carbonyl (C=O) groups is 3. The Morgan fingerprint density at radius 3 is 2.54 bits per heavy atom. The van der Waals surface area contributed by atoms with Crippen molar-refractivity contribution in [3.05, 3.63) is 23.7 Å². The number of unbranched alkanes of at least 4 members (excludes halogenated alkanes) is 2. The van der Waals surface area contributed by atoms with Crippen LogP contribution in [0, 0.1) is 34.0 Å². The molecule has 4 saturated heterocycles. The summed E-state index contributed by atoms with van der Waals surface area (Å²) in [6, 6.07) is 1.79. The molecule has 4 aliphatic heterocycles. The average molecular weight is 645 g/mol. The predicted octanol–water partition coefficient (Wildman–Crippen LogP) is 3.20. The number of cyclic esters (lactones) is 2. The quantitative estimate of drug-likeness (QED) is 0.205. The number of carbonyl (C=O) groups excluding carboxylic acids is 3. The van der Waals surface area contributed by atoms with Crippen molar-refractivity contribution in [1.29, 1.82) is 0 Å². The van der Waals surface area contributed by atoms with E-state index in [-0.39, 0.29) is 43.2 Å². The Balaban J connectivity index is 1.29. The first-order chi connectivity index (χ1) is 21.7. The standard InChI is InChI=1S/C35H48O11/c1-6-7-8-9-18(20(37)16-36)14-21-19(11-13-42-21)28-32(4)12-10-22-33(5,35(32)29(46-35)30(41)44-28)27(40)25(39)26-31(2,3)45-23-15-24(38)43-17-34(22,23)26/h11,13,18,20,22-23,26-29,36-37,40H,6-10,12,14-17H2,1-5H3/t18-,20-,22+,23+,26-,27-,28+,29-,32+,33+,34+,35-/m1/s1. The molecule has 2 saturated carbocycles. The van der Waals surface area contributed by atoms with Gasteiger partial charge < -0.3 is 38.7 Å². The highest BCUT2D eigenvalue weighted by Gasteiger charge is 2.90. The summed E-state index contributed by atoms with van der Waals surface area (Å²) in [6.45, 7) is 9.31. The molecule has 11 nitrogen and oxygen atoms in total. The molecule has 3 N–H and O–H groups in total. The second-order valence-corrected chi connectivity index (χ2v) is 15.8. The van der Waals surface area contributed by atoms with Gasteiger partial charge in [-0.3, -0.25) is 9.59 Å². The summed E-state index contributed by atoms with van der Waals surface area (Å²) in [5.41, 5.74) is -4.45. The number of furan rings is 1. The van der Waals surface area contributed by atoms with Crippen LogP contribution in [0.5, 0.6) is 0 Å². The lowest BCUT2D eigenvalue weighted by Gasteiger charge is -2.66. The van der Waals surface area contributed by atoms with Gasteiger partial charge >= 0.3 is 11.9 Å². The molecule has 1 aromatic rings. The molecule has 0 radical (unpaired) electrons. The summed E-state index contributed by atoms with van der Waals surface area (Å²) in [6.07, 6.45) is 1.94. The molecule has 0 aromatic carbocycles. The fraction of sp³-hybridized carbons (Fsp3) is 0.800. The number of hydrogen-bond donors (Lipinski definition) is 3. The van der Waals surface area contributed by atoms with Gasteiger partial charge in [0.25, 0.3) is 0 Å². The summed E-state index contributed by atoms with van der Waals surface area (Å²) >= 11 is 0. The number of ketones is 1. The topological polar surface area (TPSA) is 165 Å². The van der Waals surface area contributed by atoms with Crippen molar-refractivity contribution in [1.82, 2.24) is 0 Å². The summed E-state index contributed by atoms with van der Waals surface area (Å²) in [5, 5.41) is 32.6. The zero-order valence-corrected chi connectivity index (χ0v) is 27.5. The zero-order valence-electron chi connectivity index (χ0n) is 27.5. The molecule has 7 rings (SSSR count). The smallest absolute Gasteiger partial charge is 0.339 e. The molecule has 5 heterocycles. The highest BCUT2D eigenvalue weighted by atomic mass is 16.7. The summed E-state index contributed by atoms with van der Waals surface area (Å²) in [7, 11) is 0. The van der Waals surface area contributed by atoms with Crippen molar-refractivity contribution in [2.24, 2.45) is 34.0 Å². The van der Waals surface area contributed by atoms with Gasteiger partial charge in [-0.05, 0) is 51.0 Å². The van der Waals surface area contributed by atoms with Crippen molar-refractivity contribution < 1.29 is 53.1 Å². The Labute approximate surface area is 269 Å². The molecule has 0 amide bonds. The Hall–Kier alpha value is -2.31. The number of rotatable bonds is 9. The van der Waals surface area contributed by atoms with E-state index in [0.717, 1.165) is 19.3 Å². The number of hydrogen-bond acceptors (Lipinski definition) is 11. The number of Topliss-reactive ketones (excluding diaryl/α,β-unsaturated/α-hetero) is 1. The number of aliphatic hydroxyl groups is 3. The van der Waals surface area contributed by atoms with Gasteiger partial charge in [0.1, 0.15) is 30.2 Å². The lowest BCUT2D eigenvalue weighted by Crippen LogP contribution is -2.76. The summed E-state index contributed by atoms with van der Waals surface area (Å²) in [4.78, 5) is 40.7. The SMILES string of the molecule is CCCCC[C@H](Cc1occc1[C@@H]1OC(=O)[C@H]2O[C@]23[C@]2(C)[C@H](O)C(=O)[C@@H]4C(C)(C)O[C@H]5CC(=O)OC[C@]54[C@H]2CC[C@@]13C)[C@H](O)CO. The van der Waals surface area contributed by atoms with Crippen LogP contribution in [0.1, 0.15) is 97.0 Å². The van der Waals surface area contributed by atoms with Crippen LogP contribution in [0.2, 0.25) is 0 Å². The first-order valence-electron chi connectivity index (χ1n) is 17.0. The van der Waals surface area contributed by atoms with Gasteiger partial charge in [-0.25, -0.2) is 4.79 Å². The van der Waals surface area contributed by atoms with Gasteiger partial charge in [0, 0.05) is 28.2 Å². The maximum atomic E-state index is 14.4. The first-order valence-corrected chi connectivity index (χ1v) is 17.0. The second kappa shape index (κ2) is 10.6. The monoisotopic (exact) mass is 644 g/mol. The molecule has 6 fully saturated rings. The summed E-state index contributed by atoms with van der Waals surface area (Å²) in [5.74, 6) is -2.04. The molecular formula is C35H48O11. The molecule has 12 atom stereocenters. The van der Waals surface area contributed by atoms with Crippen LogP contribution in [0.15, 0.2) is 16.7 Å². The van der Waals surface area contributed by atoms with Crippen LogP contribution in [-0.4, -0.2) is 81.9 Å². The van der Waals surface area contributed by atoms with Crippen LogP contribution in [0.25, 0.3) is 0 Å². The molecule has 0 unspecified atom stereocenters. The fourth-order valence-corrected chi connectivity index (χ4v) is 11.3. The average Bonchev–Trinajstić information content (AvgIpc) is 3.56. The number of aliphatic hydroxyl groups excluding tert-OH is 3. The highest BCUT2D eigenvalue weighted by molar-refractivity contribution is 5.92. The van der Waals surface area contributed by atoms with E-state index in [0.29, 0.717) is 37.0 Å². The number of esters is 2. The molecule has 2 spiro atoms. The molecule has 1 aromatic heterocycles. The Bertz CT molecular complexity index is 1420. The predicted molar refractivity (Wildman–Crippen MR) is 160 cm³/mol. The highest BCUT2D eigenvalue weighted by Crippen LogP contribution is 2.80. The fourth-order valence-electron chi connectivity index (χ4n) is 11.3. The minimum atomic E-state index is -1.45. The largest absolute Gasteiger partial charge is 0.469 e. The van der Waals surface area contributed by atoms with E-state index in [1.165, 1.54) is 0 Å². The maximum absolute atomic E-state index is 14.4. The Morgan fingerprint density at radius 1 is 1.07 bits per heavy atom. The summed E-state index contributed by atoms with van der Waals surface area (Å²) < 4.78 is 30.9. The molecule has 254 valence electrons. The minimum Gasteiger partial charge on any atom is -0.469 e. The van der Waals surface area contributed by atoms with Crippen molar-refractivity contribution >= 4 is 17.7 Å². The zero-order chi connectivity index (χ0) is 33.0. The van der Waals surface area contributed by atoms with Crippen LogP contribution >= 0.6 is 0 Å². The normalized spacial score (nSPS) is 44.9. The number of epoxide rings is 1. The lowest BCUT2D eigenvalue weighted by molar-refractivity contribution is -0.252. The van der Waals surface area contributed by atoms with Crippen LogP contribution in [0.4, 0.5) is 0 Å². The molecular weight excluding hydrogens is 596 g/mol. The van der Waals surface area contributed by atoms with Crippen molar-refractivity contribution in [3.8, 4) is 0 Å². The van der Waals surface area contributed by atoms with Gasteiger partial charge in [-0.1, -0.05) is 40.0 Å². The van der Waals surface area contributed by atoms with E-state index in [9.17, 15) is 29.7 Å². The van der Waals surface area contributed by atoms with E-state index in [4.69, 9.17) is 23.4 Å². The molecule has 46 heavy (non-hydrogen) atoms. The van der Waals surface area contributed by atoms with E-state index in [1.807, 2.05) is 27.7 Å². The van der Waals surface area contributed by atoms with Crippen molar-refractivity contribution in [2.45, 2.75) is 128 Å². The van der Waals surface area contributed by atoms with Crippen LogP contribution in [0.3, 0.4) is 0 Å². The van der Waals surface area contributed by atoms with Gasteiger partial charge in [0.2, 0.25) is 0 Å². The van der Waals surface area contributed by atoms with Crippen molar-refractivity contribution in [2.75, 3.05) is 13.2 Å². The number of ether oxygens (including phenoxy) is 4. The lowest BCUT2D eigenvalue weighted by atomic mass is 9.36. The van der Waals surface area contributed by atoms with E-state index in [1.54, 1.807) is 12.3 Å². The first kappa shape index (κ1) is 32.2. The minimum absolute atomic E-state index is 0.00707. The van der Waals surface area contributed by atoms with E-state index >= 15 is 0 Å².